The second-order valence-corrected chi connectivity index (χ2v) is 6.83. The molecule has 6 nitrogen and oxygen atoms in total. The molecular formula is C20H25IN2O4. The van der Waals surface area contributed by atoms with Crippen molar-refractivity contribution < 1.29 is 18.9 Å². The van der Waals surface area contributed by atoms with Crippen molar-refractivity contribution in [3.05, 3.63) is 45.0 Å². The number of nitrogens with one attached hydrogen (secondary N) is 1. The smallest absolute Gasteiger partial charge is 0.174 e. The van der Waals surface area contributed by atoms with Crippen molar-refractivity contribution in [2.75, 3.05) is 27.9 Å². The first kappa shape index (κ1) is 21.1. The van der Waals surface area contributed by atoms with Gasteiger partial charge in [-0.05, 0) is 64.4 Å². The third kappa shape index (κ3) is 5.92. The summed E-state index contributed by atoms with van der Waals surface area (Å²) in [6, 6.07) is 9.69. The minimum Gasteiger partial charge on any atom is -0.493 e. The average molecular weight is 484 g/mol. The normalized spacial score (nSPS) is 10.7. The van der Waals surface area contributed by atoms with Gasteiger partial charge in [-0.25, -0.2) is 0 Å². The second kappa shape index (κ2) is 10.9. The summed E-state index contributed by atoms with van der Waals surface area (Å²) in [5.41, 5.74) is 5.02. The second-order valence-electron chi connectivity index (χ2n) is 5.66. The maximum atomic E-state index is 5.77. The van der Waals surface area contributed by atoms with E-state index in [1.165, 1.54) is 0 Å². The van der Waals surface area contributed by atoms with Gasteiger partial charge in [-0.3, -0.25) is 0 Å². The Kier molecular flexibility index (Phi) is 8.50. The molecule has 0 atom stereocenters. The fourth-order valence-corrected chi connectivity index (χ4v) is 3.19. The average Bonchev–Trinajstić information content (AvgIpc) is 2.69. The Labute approximate surface area is 174 Å². The third-order valence-electron chi connectivity index (χ3n) is 3.74. The van der Waals surface area contributed by atoms with E-state index in [1.807, 2.05) is 30.3 Å². The van der Waals surface area contributed by atoms with Crippen LogP contribution in [0, 0.1) is 3.57 Å². The molecule has 0 saturated carbocycles. The van der Waals surface area contributed by atoms with Crippen LogP contribution >= 0.6 is 22.6 Å². The Morgan fingerprint density at radius 1 is 1.00 bits per heavy atom. The molecule has 0 radical (unpaired) electrons. The van der Waals surface area contributed by atoms with Crippen LogP contribution in [0.1, 0.15) is 24.5 Å². The summed E-state index contributed by atoms with van der Waals surface area (Å²) < 4.78 is 22.8. The predicted molar refractivity (Wildman–Crippen MR) is 115 cm³/mol. The van der Waals surface area contributed by atoms with Gasteiger partial charge in [0.25, 0.3) is 0 Å². The molecule has 0 saturated heterocycles. The van der Waals surface area contributed by atoms with E-state index >= 15 is 0 Å². The van der Waals surface area contributed by atoms with Gasteiger partial charge in [-0.1, -0.05) is 13.0 Å². The largest absolute Gasteiger partial charge is 0.493 e. The molecule has 7 heteroatoms. The van der Waals surface area contributed by atoms with E-state index in [4.69, 9.17) is 18.9 Å². The molecule has 0 amide bonds. The number of nitrogens with zero attached hydrogens (tertiary/aromatic N) is 1. The monoisotopic (exact) mass is 484 g/mol. The summed E-state index contributed by atoms with van der Waals surface area (Å²) in [4.78, 5) is 0. The molecule has 0 aliphatic carbocycles. The zero-order chi connectivity index (χ0) is 19.6. The lowest BCUT2D eigenvalue weighted by molar-refractivity contribution is 0.292. The number of benzene rings is 2. The number of hydrazone groups is 1. The van der Waals surface area contributed by atoms with E-state index in [0.29, 0.717) is 30.4 Å². The van der Waals surface area contributed by atoms with Crippen LogP contribution in [0.25, 0.3) is 0 Å². The molecule has 27 heavy (non-hydrogen) atoms. The van der Waals surface area contributed by atoms with E-state index < -0.39 is 0 Å². The molecule has 2 aromatic carbocycles. The first-order valence-electron chi connectivity index (χ1n) is 8.60. The molecule has 0 unspecified atom stereocenters. The van der Waals surface area contributed by atoms with Crippen molar-refractivity contribution in [1.29, 1.82) is 0 Å². The summed E-state index contributed by atoms with van der Waals surface area (Å²) in [5, 5.41) is 4.30. The minimum absolute atomic E-state index is 0.572. The number of rotatable bonds is 10. The van der Waals surface area contributed by atoms with Crippen LogP contribution < -0.4 is 24.4 Å². The van der Waals surface area contributed by atoms with Gasteiger partial charge >= 0.3 is 0 Å². The van der Waals surface area contributed by atoms with Gasteiger partial charge in [0.05, 0.1) is 44.3 Å². The van der Waals surface area contributed by atoms with Crippen molar-refractivity contribution in [2.45, 2.75) is 19.9 Å². The zero-order valence-corrected chi connectivity index (χ0v) is 18.2. The summed E-state index contributed by atoms with van der Waals surface area (Å²) in [6.45, 7) is 3.31. The molecule has 1 N–H and O–H groups in total. The van der Waals surface area contributed by atoms with E-state index in [2.05, 4.69) is 40.0 Å². The van der Waals surface area contributed by atoms with E-state index in [1.54, 1.807) is 27.5 Å². The summed E-state index contributed by atoms with van der Waals surface area (Å²) in [5.74, 6) is 2.88. The van der Waals surface area contributed by atoms with E-state index in [0.717, 1.165) is 26.9 Å². The van der Waals surface area contributed by atoms with E-state index in [-0.39, 0.29) is 0 Å². The highest BCUT2D eigenvalue weighted by molar-refractivity contribution is 14.1. The zero-order valence-electron chi connectivity index (χ0n) is 16.0. The number of ether oxygens (including phenoxy) is 4. The Hall–Kier alpha value is -2.16. The van der Waals surface area contributed by atoms with Crippen LogP contribution in [0.4, 0.5) is 0 Å². The van der Waals surface area contributed by atoms with Crippen molar-refractivity contribution in [2.24, 2.45) is 5.10 Å². The van der Waals surface area contributed by atoms with Gasteiger partial charge in [0.15, 0.2) is 23.0 Å². The van der Waals surface area contributed by atoms with Gasteiger partial charge in [0, 0.05) is 0 Å². The number of hydrogen-bond acceptors (Lipinski definition) is 6. The van der Waals surface area contributed by atoms with Gasteiger partial charge < -0.3 is 24.4 Å². The molecule has 0 aromatic heterocycles. The summed E-state index contributed by atoms with van der Waals surface area (Å²) in [6.07, 6.45) is 2.71. The quantitative estimate of drug-likeness (QED) is 0.311. The molecule has 2 aromatic rings. The van der Waals surface area contributed by atoms with E-state index in [9.17, 15) is 0 Å². The topological polar surface area (TPSA) is 61.3 Å². The van der Waals surface area contributed by atoms with Crippen LogP contribution in [-0.4, -0.2) is 34.2 Å². The summed E-state index contributed by atoms with van der Waals surface area (Å²) in [7, 11) is 4.88. The fourth-order valence-electron chi connectivity index (χ4n) is 2.41. The molecular weight excluding hydrogens is 459 g/mol. The highest BCUT2D eigenvalue weighted by Gasteiger charge is 2.10. The first-order valence-corrected chi connectivity index (χ1v) is 9.68. The van der Waals surface area contributed by atoms with Crippen molar-refractivity contribution in [3.63, 3.8) is 0 Å². The lowest BCUT2D eigenvalue weighted by Crippen LogP contribution is -2.06. The van der Waals surface area contributed by atoms with Gasteiger partial charge in [0.1, 0.15) is 0 Å². The lowest BCUT2D eigenvalue weighted by Gasteiger charge is -2.13. The standard InChI is InChI=1S/C20H25IN2O4/c1-5-8-27-20-16(21)9-15(11-19(20)26-4)13-23-22-12-14-6-7-17(24-2)18(10-14)25-3/h6-7,9-11,13,22H,5,8,12H2,1-4H3/b23-13+. The Bertz CT molecular complexity index is 781. The summed E-state index contributed by atoms with van der Waals surface area (Å²) >= 11 is 2.25. The van der Waals surface area contributed by atoms with Crippen molar-refractivity contribution >= 4 is 28.8 Å². The SMILES string of the molecule is CCCOc1c(I)cc(/C=N/NCc2ccc(OC)c(OC)c2)cc1OC. The van der Waals surface area contributed by atoms with Crippen LogP contribution in [0.5, 0.6) is 23.0 Å². The van der Waals surface area contributed by atoms with Crippen LogP contribution in [0.2, 0.25) is 0 Å². The van der Waals surface area contributed by atoms with Crippen LogP contribution in [0.3, 0.4) is 0 Å². The Morgan fingerprint density at radius 3 is 2.41 bits per heavy atom. The molecule has 146 valence electrons. The molecule has 0 spiro atoms. The van der Waals surface area contributed by atoms with Gasteiger partial charge in [-0.15, -0.1) is 0 Å². The van der Waals surface area contributed by atoms with Crippen molar-refractivity contribution in [3.8, 4) is 23.0 Å². The van der Waals surface area contributed by atoms with Crippen molar-refractivity contribution in [1.82, 2.24) is 5.43 Å². The minimum atomic E-state index is 0.572. The molecule has 2 rings (SSSR count). The highest BCUT2D eigenvalue weighted by Crippen LogP contribution is 2.33. The fraction of sp³-hybridized carbons (Fsp3) is 0.350. The Morgan fingerprint density at radius 2 is 1.74 bits per heavy atom. The third-order valence-corrected chi connectivity index (χ3v) is 4.54. The molecule has 0 heterocycles. The molecule has 0 aliphatic rings. The predicted octanol–water partition coefficient (Wildman–Crippen LogP) is 4.23. The number of methoxy groups -OCH3 is 3. The number of halogens is 1. The van der Waals surface area contributed by atoms with Gasteiger partial charge in [0.2, 0.25) is 0 Å². The highest BCUT2D eigenvalue weighted by atomic mass is 127. The maximum absolute atomic E-state index is 5.77. The molecule has 0 fully saturated rings. The van der Waals surface area contributed by atoms with Crippen LogP contribution in [0.15, 0.2) is 35.4 Å². The van der Waals surface area contributed by atoms with Gasteiger partial charge in [-0.2, -0.15) is 5.10 Å². The molecule has 0 bridgehead atoms. The maximum Gasteiger partial charge on any atom is 0.174 e. The molecule has 0 aliphatic heterocycles. The number of hydrogen-bond donors (Lipinski definition) is 1. The Balaban J connectivity index is 2.03. The first-order chi connectivity index (χ1) is 13.1. The lowest BCUT2D eigenvalue weighted by atomic mass is 10.2. The van der Waals surface area contributed by atoms with Crippen LogP contribution in [-0.2, 0) is 6.54 Å².